The van der Waals surface area contributed by atoms with Crippen molar-refractivity contribution in [2.24, 2.45) is 0 Å². The Morgan fingerprint density at radius 1 is 1.40 bits per heavy atom. The molecular weight excluding hydrogens is 252 g/mol. The summed E-state index contributed by atoms with van der Waals surface area (Å²) >= 11 is 0. The van der Waals surface area contributed by atoms with Crippen LogP contribution in [0.25, 0.3) is 0 Å². The number of aryl methyl sites for hydroxylation is 1. The van der Waals surface area contributed by atoms with Crippen LogP contribution in [-0.2, 0) is 9.53 Å². The second-order valence-electron chi connectivity index (χ2n) is 5.45. The van der Waals surface area contributed by atoms with Gasteiger partial charge in [0.2, 0.25) is 0 Å². The Balaban J connectivity index is 2.60. The van der Waals surface area contributed by atoms with Gasteiger partial charge in [0.05, 0.1) is 7.11 Å². The van der Waals surface area contributed by atoms with Crippen LogP contribution >= 0.6 is 0 Å². The van der Waals surface area contributed by atoms with E-state index in [2.05, 4.69) is 35.3 Å². The number of carbonyl (C=O) groups excluding carboxylic acids is 1. The number of anilines is 1. The first kappa shape index (κ1) is 16.5. The Kier molecular flexibility index (Phi) is 6.52. The van der Waals surface area contributed by atoms with Gasteiger partial charge in [0.1, 0.15) is 6.04 Å². The summed E-state index contributed by atoms with van der Waals surface area (Å²) in [6.45, 7) is 6.93. The zero-order chi connectivity index (χ0) is 15.1. The van der Waals surface area contributed by atoms with Crippen molar-refractivity contribution in [1.82, 2.24) is 5.32 Å². The van der Waals surface area contributed by atoms with E-state index in [0.29, 0.717) is 0 Å². The van der Waals surface area contributed by atoms with Crippen LogP contribution in [0.5, 0.6) is 0 Å². The molecule has 1 N–H and O–H groups in total. The van der Waals surface area contributed by atoms with Gasteiger partial charge in [-0.1, -0.05) is 26.0 Å². The summed E-state index contributed by atoms with van der Waals surface area (Å²) in [4.78, 5) is 13.9. The van der Waals surface area contributed by atoms with Crippen molar-refractivity contribution in [3.8, 4) is 0 Å². The van der Waals surface area contributed by atoms with E-state index in [1.807, 2.05) is 27.0 Å². The van der Waals surface area contributed by atoms with E-state index >= 15 is 0 Å². The van der Waals surface area contributed by atoms with Gasteiger partial charge >= 0.3 is 5.97 Å². The maximum atomic E-state index is 11.7. The quantitative estimate of drug-likeness (QED) is 0.777. The number of hydrogen-bond acceptors (Lipinski definition) is 4. The van der Waals surface area contributed by atoms with E-state index in [9.17, 15) is 4.79 Å². The topological polar surface area (TPSA) is 41.6 Å². The van der Waals surface area contributed by atoms with Crippen LogP contribution in [0.3, 0.4) is 0 Å². The summed E-state index contributed by atoms with van der Waals surface area (Å²) < 4.78 is 4.85. The fourth-order valence-electron chi connectivity index (χ4n) is 2.13. The molecule has 0 saturated heterocycles. The number of ether oxygens (including phenoxy) is 1. The van der Waals surface area contributed by atoms with Crippen LogP contribution in [0.1, 0.15) is 25.8 Å². The fraction of sp³-hybridized carbons (Fsp3) is 0.562. The predicted molar refractivity (Wildman–Crippen MR) is 83.1 cm³/mol. The molecule has 112 valence electrons. The van der Waals surface area contributed by atoms with E-state index in [-0.39, 0.29) is 18.1 Å². The van der Waals surface area contributed by atoms with Crippen molar-refractivity contribution in [3.63, 3.8) is 0 Å². The van der Waals surface area contributed by atoms with E-state index < -0.39 is 0 Å². The summed E-state index contributed by atoms with van der Waals surface area (Å²) in [5, 5.41) is 3.25. The van der Waals surface area contributed by atoms with Gasteiger partial charge in [0, 0.05) is 25.3 Å². The highest BCUT2D eigenvalue weighted by atomic mass is 16.5. The molecule has 1 aromatic rings. The molecule has 0 spiro atoms. The first-order valence-corrected chi connectivity index (χ1v) is 7.05. The minimum atomic E-state index is -0.257. The van der Waals surface area contributed by atoms with Crippen molar-refractivity contribution >= 4 is 11.7 Å². The van der Waals surface area contributed by atoms with E-state index in [1.54, 1.807) is 0 Å². The number of nitrogens with one attached hydrogen (secondary N) is 1. The Bertz CT molecular complexity index is 432. The van der Waals surface area contributed by atoms with Crippen molar-refractivity contribution in [3.05, 3.63) is 29.8 Å². The minimum absolute atomic E-state index is 0.198. The Hall–Kier alpha value is -1.55. The fourth-order valence-corrected chi connectivity index (χ4v) is 2.13. The first-order valence-electron chi connectivity index (χ1n) is 7.05. The third-order valence-electron chi connectivity index (χ3n) is 3.22. The smallest absolute Gasteiger partial charge is 0.322 e. The highest BCUT2D eigenvalue weighted by Gasteiger charge is 2.20. The molecule has 0 aliphatic heterocycles. The van der Waals surface area contributed by atoms with Crippen LogP contribution in [0.4, 0.5) is 5.69 Å². The lowest BCUT2D eigenvalue weighted by Gasteiger charge is -2.24. The number of carbonyl (C=O) groups is 1. The summed E-state index contributed by atoms with van der Waals surface area (Å²) in [6, 6.07) is 8.34. The summed E-state index contributed by atoms with van der Waals surface area (Å²) in [5.74, 6) is -0.198. The normalized spacial score (nSPS) is 12.3. The van der Waals surface area contributed by atoms with Crippen molar-refractivity contribution in [1.29, 1.82) is 0 Å². The SMILES string of the molecule is COC(=O)C(CCN(C)c1cccc(C)c1)NC(C)C. The van der Waals surface area contributed by atoms with Crippen LogP contribution in [0, 0.1) is 6.92 Å². The number of methoxy groups -OCH3 is 1. The molecule has 0 radical (unpaired) electrons. The van der Waals surface area contributed by atoms with Gasteiger partial charge in [-0.25, -0.2) is 0 Å². The standard InChI is InChI=1S/C16H26N2O2/c1-12(2)17-15(16(19)20-5)9-10-18(4)14-8-6-7-13(3)11-14/h6-8,11-12,15,17H,9-10H2,1-5H3. The van der Waals surface area contributed by atoms with Crippen LogP contribution in [0.2, 0.25) is 0 Å². The Morgan fingerprint density at radius 3 is 2.65 bits per heavy atom. The molecule has 0 aliphatic rings. The molecule has 0 aliphatic carbocycles. The average Bonchev–Trinajstić information content (AvgIpc) is 2.41. The average molecular weight is 278 g/mol. The monoisotopic (exact) mass is 278 g/mol. The molecule has 0 bridgehead atoms. The lowest BCUT2D eigenvalue weighted by Crippen LogP contribution is -2.43. The van der Waals surface area contributed by atoms with E-state index in [4.69, 9.17) is 4.74 Å². The summed E-state index contributed by atoms with van der Waals surface area (Å²) in [6.07, 6.45) is 0.718. The molecule has 1 atom stereocenters. The second kappa shape index (κ2) is 7.90. The van der Waals surface area contributed by atoms with Gasteiger partial charge in [-0.15, -0.1) is 0 Å². The van der Waals surface area contributed by atoms with Crippen molar-refractivity contribution in [2.75, 3.05) is 25.6 Å². The number of esters is 1. The molecule has 0 fully saturated rings. The van der Waals surface area contributed by atoms with Gasteiger partial charge in [0.25, 0.3) is 0 Å². The predicted octanol–water partition coefficient (Wildman–Crippen LogP) is 2.36. The maximum absolute atomic E-state index is 11.7. The number of rotatable bonds is 7. The third-order valence-corrected chi connectivity index (χ3v) is 3.22. The largest absolute Gasteiger partial charge is 0.468 e. The third kappa shape index (κ3) is 5.21. The molecular formula is C16H26N2O2. The molecule has 0 amide bonds. The number of nitrogens with zero attached hydrogens (tertiary/aromatic N) is 1. The molecule has 1 aromatic carbocycles. The van der Waals surface area contributed by atoms with E-state index in [1.165, 1.54) is 12.7 Å². The molecule has 1 unspecified atom stereocenters. The number of benzene rings is 1. The lowest BCUT2D eigenvalue weighted by atomic mass is 10.1. The van der Waals surface area contributed by atoms with Crippen LogP contribution in [-0.4, -0.2) is 38.8 Å². The molecule has 0 heterocycles. The molecule has 20 heavy (non-hydrogen) atoms. The maximum Gasteiger partial charge on any atom is 0.322 e. The van der Waals surface area contributed by atoms with Crippen molar-refractivity contribution < 1.29 is 9.53 Å². The summed E-state index contributed by atoms with van der Waals surface area (Å²) in [5.41, 5.74) is 2.40. The van der Waals surface area contributed by atoms with Gasteiger partial charge < -0.3 is 15.0 Å². The summed E-state index contributed by atoms with van der Waals surface area (Å²) in [7, 11) is 3.47. The van der Waals surface area contributed by atoms with Gasteiger partial charge in [-0.3, -0.25) is 4.79 Å². The zero-order valence-electron chi connectivity index (χ0n) is 13.1. The van der Waals surface area contributed by atoms with Gasteiger partial charge in [-0.05, 0) is 31.0 Å². The molecule has 1 rings (SSSR count). The van der Waals surface area contributed by atoms with Crippen LogP contribution in [0.15, 0.2) is 24.3 Å². The lowest BCUT2D eigenvalue weighted by molar-refractivity contribution is -0.143. The molecule has 0 aromatic heterocycles. The first-order chi connectivity index (χ1) is 9.43. The zero-order valence-corrected chi connectivity index (χ0v) is 13.1. The minimum Gasteiger partial charge on any atom is -0.468 e. The molecule has 0 saturated carbocycles. The molecule has 4 nitrogen and oxygen atoms in total. The molecule has 4 heteroatoms. The highest BCUT2D eigenvalue weighted by Crippen LogP contribution is 2.15. The second-order valence-corrected chi connectivity index (χ2v) is 5.45. The van der Waals surface area contributed by atoms with Crippen LogP contribution < -0.4 is 10.2 Å². The van der Waals surface area contributed by atoms with E-state index in [0.717, 1.165) is 18.7 Å². The Morgan fingerprint density at radius 2 is 2.10 bits per heavy atom. The number of hydrogen-bond donors (Lipinski definition) is 1. The Labute approximate surface area is 122 Å². The van der Waals surface area contributed by atoms with Gasteiger partial charge in [-0.2, -0.15) is 0 Å². The van der Waals surface area contributed by atoms with Crippen molar-refractivity contribution in [2.45, 2.75) is 39.3 Å². The van der Waals surface area contributed by atoms with Gasteiger partial charge in [0.15, 0.2) is 0 Å². The highest BCUT2D eigenvalue weighted by molar-refractivity contribution is 5.75.